The molecule has 1 aromatic heterocycles. The molecule has 27 heavy (non-hydrogen) atoms. The predicted molar refractivity (Wildman–Crippen MR) is 105 cm³/mol. The maximum atomic E-state index is 12.6. The number of nitrogens with zero attached hydrogens (tertiary/aromatic N) is 3. The number of carbonyl (C=O) groups is 1. The van der Waals surface area contributed by atoms with E-state index in [0.29, 0.717) is 35.3 Å². The molecule has 138 valence electrons. The minimum absolute atomic E-state index is 0.138. The second-order valence-electron chi connectivity index (χ2n) is 6.52. The topological polar surface area (TPSA) is 89.9 Å². The van der Waals surface area contributed by atoms with Crippen molar-refractivity contribution in [2.24, 2.45) is 15.7 Å². The van der Waals surface area contributed by atoms with Crippen LogP contribution in [0.25, 0.3) is 0 Å². The van der Waals surface area contributed by atoms with Gasteiger partial charge in [-0.3, -0.25) is 9.79 Å². The first-order chi connectivity index (χ1) is 12.9. The molecular formula is C19H16Cl2N4O2. The maximum Gasteiger partial charge on any atom is 0.187 e. The van der Waals surface area contributed by atoms with E-state index in [-0.39, 0.29) is 22.9 Å². The van der Waals surface area contributed by atoms with E-state index >= 15 is 0 Å². The lowest BCUT2D eigenvalue weighted by Crippen LogP contribution is -2.28. The molecule has 3 heterocycles. The van der Waals surface area contributed by atoms with E-state index in [1.165, 1.54) is 12.3 Å². The van der Waals surface area contributed by atoms with Crippen molar-refractivity contribution in [1.82, 2.24) is 4.98 Å². The number of amidine groups is 1. The van der Waals surface area contributed by atoms with E-state index in [4.69, 9.17) is 33.7 Å². The van der Waals surface area contributed by atoms with Crippen LogP contribution < -0.4 is 10.5 Å². The van der Waals surface area contributed by atoms with Crippen LogP contribution in [0.5, 0.6) is 5.75 Å². The number of aromatic nitrogens is 1. The van der Waals surface area contributed by atoms with Crippen LogP contribution in [0.15, 0.2) is 40.4 Å². The maximum absolute atomic E-state index is 12.6. The van der Waals surface area contributed by atoms with Gasteiger partial charge in [-0.15, -0.1) is 0 Å². The van der Waals surface area contributed by atoms with Crippen LogP contribution in [0.1, 0.15) is 35.0 Å². The number of hydrogen-bond acceptors (Lipinski definition) is 6. The molecule has 0 aliphatic carbocycles. The van der Waals surface area contributed by atoms with E-state index in [2.05, 4.69) is 15.0 Å². The first-order valence-electron chi connectivity index (χ1n) is 8.40. The van der Waals surface area contributed by atoms with Gasteiger partial charge in [0.1, 0.15) is 17.3 Å². The Kier molecular flexibility index (Phi) is 4.40. The molecular weight excluding hydrogens is 387 g/mol. The molecule has 2 aliphatic rings. The van der Waals surface area contributed by atoms with Gasteiger partial charge in [0.05, 0.1) is 22.4 Å². The van der Waals surface area contributed by atoms with Gasteiger partial charge < -0.3 is 10.5 Å². The number of Topliss-reactive ketones (excluding diaryl/α,β-unsaturated/α-hetero) is 1. The number of hydrogen-bond donors (Lipinski definition) is 1. The van der Waals surface area contributed by atoms with Crippen LogP contribution in [0.4, 0.5) is 0 Å². The predicted octanol–water partition coefficient (Wildman–Crippen LogP) is 3.58. The summed E-state index contributed by atoms with van der Waals surface area (Å²) in [5.41, 5.74) is 7.70. The summed E-state index contributed by atoms with van der Waals surface area (Å²) in [7, 11) is 0. The molecule has 1 unspecified atom stereocenters. The summed E-state index contributed by atoms with van der Waals surface area (Å²) in [5, 5.41) is 0.619. The van der Waals surface area contributed by atoms with Crippen molar-refractivity contribution in [3.8, 4) is 5.75 Å². The van der Waals surface area contributed by atoms with Crippen molar-refractivity contribution < 1.29 is 9.53 Å². The number of rotatable bonds is 3. The fourth-order valence-corrected chi connectivity index (χ4v) is 3.81. The molecule has 8 heteroatoms. The molecule has 0 saturated heterocycles. The third kappa shape index (κ3) is 3.19. The van der Waals surface area contributed by atoms with E-state index < -0.39 is 5.66 Å². The zero-order chi connectivity index (χ0) is 19.2. The van der Waals surface area contributed by atoms with Crippen molar-refractivity contribution in [2.45, 2.75) is 25.4 Å². The summed E-state index contributed by atoms with van der Waals surface area (Å²) < 4.78 is 5.75. The molecule has 2 aliphatic heterocycles. The smallest absolute Gasteiger partial charge is 0.187 e. The Morgan fingerprint density at radius 3 is 2.81 bits per heavy atom. The number of aliphatic imine (C=N–C) groups is 2. The van der Waals surface area contributed by atoms with Gasteiger partial charge in [-0.25, -0.2) is 9.98 Å². The molecule has 4 rings (SSSR count). The number of carbonyl (C=O) groups excluding carboxylic acids is 1. The summed E-state index contributed by atoms with van der Waals surface area (Å²) in [4.78, 5) is 25.9. The van der Waals surface area contributed by atoms with Gasteiger partial charge >= 0.3 is 0 Å². The highest BCUT2D eigenvalue weighted by Crippen LogP contribution is 2.43. The van der Waals surface area contributed by atoms with Crippen LogP contribution in [0.2, 0.25) is 10.0 Å². The minimum Gasteiger partial charge on any atom is -0.493 e. The largest absolute Gasteiger partial charge is 0.493 e. The summed E-state index contributed by atoms with van der Waals surface area (Å²) in [6.07, 6.45) is 2.14. The zero-order valence-corrected chi connectivity index (χ0v) is 16.0. The summed E-state index contributed by atoms with van der Waals surface area (Å²) >= 11 is 11.9. The van der Waals surface area contributed by atoms with Gasteiger partial charge in [0.25, 0.3) is 0 Å². The van der Waals surface area contributed by atoms with Gasteiger partial charge in [0.15, 0.2) is 11.4 Å². The molecule has 1 aromatic carbocycles. The number of ether oxygens (including phenoxy) is 1. The molecule has 1 spiro atoms. The summed E-state index contributed by atoms with van der Waals surface area (Å²) in [5.74, 6) is 0.938. The quantitative estimate of drug-likeness (QED) is 0.794. The van der Waals surface area contributed by atoms with Crippen molar-refractivity contribution in [3.05, 3.63) is 57.3 Å². The summed E-state index contributed by atoms with van der Waals surface area (Å²) in [6, 6.07) is 7.09. The second-order valence-corrected chi connectivity index (χ2v) is 7.37. The molecule has 0 amide bonds. The van der Waals surface area contributed by atoms with Gasteiger partial charge in [0.2, 0.25) is 0 Å². The van der Waals surface area contributed by atoms with Crippen molar-refractivity contribution in [2.75, 3.05) is 6.61 Å². The fraction of sp³-hybridized carbons (Fsp3) is 0.263. The van der Waals surface area contributed by atoms with Crippen LogP contribution >= 0.6 is 23.2 Å². The van der Waals surface area contributed by atoms with Crippen LogP contribution in [-0.4, -0.2) is 28.9 Å². The highest BCUT2D eigenvalue weighted by Gasteiger charge is 2.41. The van der Waals surface area contributed by atoms with E-state index in [9.17, 15) is 4.79 Å². The minimum atomic E-state index is -0.767. The molecule has 1 atom stereocenters. The van der Waals surface area contributed by atoms with Gasteiger partial charge in [0, 0.05) is 24.6 Å². The number of halogens is 2. The Morgan fingerprint density at radius 1 is 1.30 bits per heavy atom. The lowest BCUT2D eigenvalue weighted by atomic mass is 9.91. The molecule has 0 bridgehead atoms. The van der Waals surface area contributed by atoms with Crippen molar-refractivity contribution >= 4 is 40.5 Å². The standard InChI is InChI=1S/C19H16Cl2N4O2/c1-10-18(22)25-19(24-10)4-5-27-16-3-2-11(6-13(16)19)7-15(26)17-14(21)8-12(20)9-23-17/h2-3,6,8-9H,4-5,7H2,1H3,(H2,22,25). The number of fused-ring (bicyclic) bond motifs is 2. The van der Waals surface area contributed by atoms with Gasteiger partial charge in [-0.1, -0.05) is 29.3 Å². The van der Waals surface area contributed by atoms with E-state index in [0.717, 1.165) is 11.1 Å². The van der Waals surface area contributed by atoms with Crippen molar-refractivity contribution in [3.63, 3.8) is 0 Å². The highest BCUT2D eigenvalue weighted by atomic mass is 35.5. The number of ketones is 1. The third-order valence-corrected chi connectivity index (χ3v) is 5.14. The van der Waals surface area contributed by atoms with Crippen LogP contribution in [-0.2, 0) is 12.1 Å². The van der Waals surface area contributed by atoms with E-state index in [1.807, 2.05) is 25.1 Å². The lowest BCUT2D eigenvalue weighted by Gasteiger charge is -2.31. The van der Waals surface area contributed by atoms with Gasteiger partial charge in [-0.2, -0.15) is 0 Å². The first kappa shape index (κ1) is 17.9. The zero-order valence-electron chi connectivity index (χ0n) is 14.5. The Hall–Kier alpha value is -2.44. The Balaban J connectivity index is 1.68. The summed E-state index contributed by atoms with van der Waals surface area (Å²) in [6.45, 7) is 2.34. The second kappa shape index (κ2) is 6.62. The molecule has 0 radical (unpaired) electrons. The number of nitrogens with two attached hydrogens (primary N) is 1. The lowest BCUT2D eigenvalue weighted by molar-refractivity contribution is 0.0988. The molecule has 2 N–H and O–H groups in total. The Morgan fingerprint density at radius 2 is 2.11 bits per heavy atom. The number of benzene rings is 1. The van der Waals surface area contributed by atoms with E-state index in [1.54, 1.807) is 0 Å². The highest BCUT2D eigenvalue weighted by molar-refractivity contribution is 6.41. The normalized spacial score (nSPS) is 20.7. The first-order valence-corrected chi connectivity index (χ1v) is 9.16. The Labute approximate surface area is 166 Å². The molecule has 0 saturated carbocycles. The SMILES string of the molecule is CC1=NC2(CCOc3ccc(CC(=O)c4ncc(Cl)cc4Cl)cc32)N=C1N. The average Bonchev–Trinajstić information content (AvgIpc) is 2.90. The van der Waals surface area contributed by atoms with Gasteiger partial charge in [-0.05, 0) is 30.7 Å². The molecule has 2 aromatic rings. The fourth-order valence-electron chi connectivity index (χ4n) is 3.32. The number of pyridine rings is 1. The van der Waals surface area contributed by atoms with Crippen molar-refractivity contribution in [1.29, 1.82) is 0 Å². The average molecular weight is 403 g/mol. The third-order valence-electron chi connectivity index (χ3n) is 4.65. The Bertz CT molecular complexity index is 999. The monoisotopic (exact) mass is 402 g/mol. The molecule has 6 nitrogen and oxygen atoms in total. The molecule has 0 fully saturated rings. The van der Waals surface area contributed by atoms with Crippen LogP contribution in [0.3, 0.4) is 0 Å². The van der Waals surface area contributed by atoms with Crippen LogP contribution in [0, 0.1) is 0 Å².